The van der Waals surface area contributed by atoms with E-state index < -0.39 is 12.0 Å². The van der Waals surface area contributed by atoms with E-state index in [1.165, 1.54) is 6.33 Å². The number of methoxy groups -OCH3 is 2. The Morgan fingerprint density at radius 2 is 1.97 bits per heavy atom. The summed E-state index contributed by atoms with van der Waals surface area (Å²) >= 11 is 0. The summed E-state index contributed by atoms with van der Waals surface area (Å²) in [5.41, 5.74) is 2.30. The first-order valence-electron chi connectivity index (χ1n) is 9.52. The van der Waals surface area contributed by atoms with Crippen LogP contribution in [0.4, 0.5) is 5.95 Å². The van der Waals surface area contributed by atoms with Crippen LogP contribution in [0.5, 0.6) is 11.5 Å². The van der Waals surface area contributed by atoms with E-state index in [4.69, 9.17) is 9.47 Å². The average Bonchev–Trinajstić information content (AvgIpc) is 3.24. The minimum absolute atomic E-state index is 0.174. The van der Waals surface area contributed by atoms with Crippen LogP contribution in [0.3, 0.4) is 0 Å². The molecule has 0 spiro atoms. The molecular formula is C22H23N5O3. The zero-order valence-electron chi connectivity index (χ0n) is 16.8. The quantitative estimate of drug-likeness (QED) is 0.655. The Kier molecular flexibility index (Phi) is 5.38. The molecule has 1 aliphatic rings. The van der Waals surface area contributed by atoms with E-state index in [1.54, 1.807) is 18.9 Å². The molecule has 154 valence electrons. The molecule has 1 aromatic heterocycles. The molecule has 2 N–H and O–H groups in total. The van der Waals surface area contributed by atoms with Crippen molar-refractivity contribution in [3.63, 3.8) is 0 Å². The number of para-hydroxylation sites is 1. The van der Waals surface area contributed by atoms with Crippen LogP contribution in [-0.4, -0.2) is 34.9 Å². The van der Waals surface area contributed by atoms with Gasteiger partial charge >= 0.3 is 0 Å². The Bertz CT molecular complexity index is 1060. The van der Waals surface area contributed by atoms with Gasteiger partial charge in [0, 0.05) is 17.8 Å². The summed E-state index contributed by atoms with van der Waals surface area (Å²) in [7, 11) is 3.15. The number of hydrogen-bond donors (Lipinski definition) is 2. The molecule has 0 fully saturated rings. The zero-order valence-corrected chi connectivity index (χ0v) is 16.8. The first-order valence-corrected chi connectivity index (χ1v) is 9.52. The molecule has 2 heterocycles. The summed E-state index contributed by atoms with van der Waals surface area (Å²) in [5, 5.41) is 10.5. The summed E-state index contributed by atoms with van der Waals surface area (Å²) in [6.07, 6.45) is 1.44. The normalized spacial score (nSPS) is 17.6. The molecule has 30 heavy (non-hydrogen) atoms. The fourth-order valence-corrected chi connectivity index (χ4v) is 3.75. The summed E-state index contributed by atoms with van der Waals surface area (Å²) in [4.78, 5) is 17.6. The van der Waals surface area contributed by atoms with Crippen LogP contribution >= 0.6 is 0 Å². The minimum Gasteiger partial charge on any atom is -0.493 e. The lowest BCUT2D eigenvalue weighted by Crippen LogP contribution is -2.42. The van der Waals surface area contributed by atoms with Crippen molar-refractivity contribution in [1.82, 2.24) is 20.1 Å². The largest absolute Gasteiger partial charge is 0.493 e. The number of carbonyl (C=O) groups excluding carboxylic acids is 1. The third-order valence-corrected chi connectivity index (χ3v) is 5.14. The molecule has 2 aromatic carbocycles. The molecule has 1 amide bonds. The Morgan fingerprint density at radius 3 is 2.70 bits per heavy atom. The summed E-state index contributed by atoms with van der Waals surface area (Å²) < 4.78 is 12.8. The molecule has 2 atom stereocenters. The number of aromatic nitrogens is 3. The van der Waals surface area contributed by atoms with E-state index in [1.807, 2.05) is 48.5 Å². The monoisotopic (exact) mass is 405 g/mol. The molecule has 0 saturated heterocycles. The van der Waals surface area contributed by atoms with Crippen molar-refractivity contribution >= 4 is 11.9 Å². The lowest BCUT2D eigenvalue weighted by atomic mass is 9.87. The highest BCUT2D eigenvalue weighted by molar-refractivity contribution is 5.84. The third-order valence-electron chi connectivity index (χ3n) is 5.14. The third kappa shape index (κ3) is 3.47. The molecular weight excluding hydrogens is 382 g/mol. The van der Waals surface area contributed by atoms with Crippen molar-refractivity contribution in [3.8, 4) is 11.5 Å². The highest BCUT2D eigenvalue weighted by Gasteiger charge is 2.41. The molecule has 3 aromatic rings. The number of rotatable bonds is 6. The molecule has 4 rings (SSSR count). The van der Waals surface area contributed by atoms with E-state index in [2.05, 4.69) is 27.3 Å². The maximum atomic E-state index is 13.3. The minimum atomic E-state index is -0.635. The first kappa shape index (κ1) is 19.5. The first-order chi connectivity index (χ1) is 14.6. The van der Waals surface area contributed by atoms with Gasteiger partial charge in [-0.1, -0.05) is 49.0 Å². The molecule has 1 aliphatic heterocycles. The number of carbonyl (C=O) groups is 1. The van der Waals surface area contributed by atoms with E-state index in [-0.39, 0.29) is 5.91 Å². The Labute approximate surface area is 174 Å². The van der Waals surface area contributed by atoms with Gasteiger partial charge in [0.05, 0.1) is 14.2 Å². The predicted molar refractivity (Wildman–Crippen MR) is 112 cm³/mol. The van der Waals surface area contributed by atoms with Crippen molar-refractivity contribution < 1.29 is 14.3 Å². The van der Waals surface area contributed by atoms with Crippen molar-refractivity contribution in [3.05, 3.63) is 78.3 Å². The van der Waals surface area contributed by atoms with Crippen LogP contribution in [0.15, 0.2) is 67.1 Å². The fraction of sp³-hybridized carbons (Fsp3) is 0.227. The molecule has 0 saturated carbocycles. The molecule has 8 nitrogen and oxygen atoms in total. The Morgan fingerprint density at radius 1 is 1.17 bits per heavy atom. The van der Waals surface area contributed by atoms with E-state index in [0.717, 1.165) is 11.1 Å². The number of amides is 1. The maximum absolute atomic E-state index is 13.3. The van der Waals surface area contributed by atoms with E-state index in [9.17, 15) is 4.79 Å². The zero-order chi connectivity index (χ0) is 21.1. The average molecular weight is 405 g/mol. The SMILES string of the molecule is C=C1Nc2ncnn2[C@H](c2cccc(OC)c2OC)[C@H]1C(=O)NCc1ccccc1. The van der Waals surface area contributed by atoms with Crippen LogP contribution in [0.1, 0.15) is 17.2 Å². The van der Waals surface area contributed by atoms with Gasteiger partial charge in [0.1, 0.15) is 18.3 Å². The van der Waals surface area contributed by atoms with Crippen LogP contribution in [0.25, 0.3) is 0 Å². The number of benzene rings is 2. The van der Waals surface area contributed by atoms with Gasteiger partial charge in [-0.25, -0.2) is 4.68 Å². The van der Waals surface area contributed by atoms with Gasteiger partial charge < -0.3 is 20.1 Å². The highest BCUT2D eigenvalue weighted by Crippen LogP contribution is 2.43. The van der Waals surface area contributed by atoms with Gasteiger partial charge in [-0.15, -0.1) is 0 Å². The van der Waals surface area contributed by atoms with Crippen molar-refractivity contribution in [2.75, 3.05) is 19.5 Å². The second-order valence-corrected chi connectivity index (χ2v) is 6.89. The Hall–Kier alpha value is -3.81. The topological polar surface area (TPSA) is 90.3 Å². The van der Waals surface area contributed by atoms with Crippen LogP contribution < -0.4 is 20.1 Å². The van der Waals surface area contributed by atoms with Gasteiger partial charge in [-0.2, -0.15) is 10.1 Å². The molecule has 8 heteroatoms. The summed E-state index contributed by atoms with van der Waals surface area (Å²) in [6, 6.07) is 14.8. The van der Waals surface area contributed by atoms with E-state index >= 15 is 0 Å². The molecule has 0 unspecified atom stereocenters. The Balaban J connectivity index is 1.73. The lowest BCUT2D eigenvalue weighted by molar-refractivity contribution is -0.125. The van der Waals surface area contributed by atoms with Crippen molar-refractivity contribution in [2.45, 2.75) is 12.6 Å². The maximum Gasteiger partial charge on any atom is 0.231 e. The van der Waals surface area contributed by atoms with Gasteiger partial charge in [-0.3, -0.25) is 4.79 Å². The standard InChI is InChI=1S/C22H23N5O3/c1-14-18(21(28)23-12-15-8-5-4-6-9-15)19(27-22(26-14)24-13-25-27)16-10-7-11-17(29-2)20(16)30-3/h4-11,13,18-19H,1,12H2,2-3H3,(H,23,28)(H,24,25,26)/t18-,19+/m0/s1. The second kappa shape index (κ2) is 8.28. The van der Waals surface area contributed by atoms with Crippen LogP contribution in [-0.2, 0) is 11.3 Å². The van der Waals surface area contributed by atoms with Crippen LogP contribution in [0, 0.1) is 5.92 Å². The van der Waals surface area contributed by atoms with Gasteiger partial charge in [0.2, 0.25) is 11.9 Å². The fourth-order valence-electron chi connectivity index (χ4n) is 3.75. The molecule has 0 aliphatic carbocycles. The lowest BCUT2D eigenvalue weighted by Gasteiger charge is -2.34. The number of anilines is 1. The number of hydrogen-bond acceptors (Lipinski definition) is 6. The number of fused-ring (bicyclic) bond motifs is 1. The van der Waals surface area contributed by atoms with Crippen molar-refractivity contribution in [2.24, 2.45) is 5.92 Å². The van der Waals surface area contributed by atoms with Gasteiger partial charge in [0.15, 0.2) is 11.5 Å². The smallest absolute Gasteiger partial charge is 0.231 e. The number of nitrogens with one attached hydrogen (secondary N) is 2. The molecule has 0 radical (unpaired) electrons. The van der Waals surface area contributed by atoms with Crippen LogP contribution in [0.2, 0.25) is 0 Å². The highest BCUT2D eigenvalue weighted by atomic mass is 16.5. The predicted octanol–water partition coefficient (Wildman–Crippen LogP) is 2.76. The number of ether oxygens (including phenoxy) is 2. The molecule has 0 bridgehead atoms. The second-order valence-electron chi connectivity index (χ2n) is 6.89. The van der Waals surface area contributed by atoms with E-state index in [0.29, 0.717) is 29.7 Å². The van der Waals surface area contributed by atoms with Gasteiger partial charge in [-0.05, 0) is 11.6 Å². The summed E-state index contributed by atoms with van der Waals surface area (Å²) in [5.74, 6) is 0.824. The summed E-state index contributed by atoms with van der Waals surface area (Å²) in [6.45, 7) is 4.51. The number of nitrogens with zero attached hydrogens (tertiary/aromatic N) is 3. The van der Waals surface area contributed by atoms with Crippen molar-refractivity contribution in [1.29, 1.82) is 0 Å². The van der Waals surface area contributed by atoms with Gasteiger partial charge in [0.25, 0.3) is 0 Å².